The summed E-state index contributed by atoms with van der Waals surface area (Å²) in [6.07, 6.45) is 4.12. The second-order valence-electron chi connectivity index (χ2n) is 8.69. The smallest absolute Gasteiger partial charge is 0.411 e. The van der Waals surface area contributed by atoms with E-state index in [1.54, 1.807) is 0 Å². The Morgan fingerprint density at radius 3 is 2.62 bits per heavy atom. The molecule has 176 valence electrons. The van der Waals surface area contributed by atoms with E-state index in [1.165, 1.54) is 12.8 Å². The minimum absolute atomic E-state index is 0.184. The Kier molecular flexibility index (Phi) is 5.96. The van der Waals surface area contributed by atoms with Gasteiger partial charge < -0.3 is 18.5 Å². The van der Waals surface area contributed by atoms with Gasteiger partial charge in [-0.2, -0.15) is 0 Å². The van der Waals surface area contributed by atoms with E-state index in [1.807, 2.05) is 51.1 Å². The van der Waals surface area contributed by atoms with Gasteiger partial charge in [-0.1, -0.05) is 12.1 Å². The Hall–Kier alpha value is -3.81. The quantitative estimate of drug-likeness (QED) is 0.341. The fraction of sp³-hybridized carbons (Fsp3) is 0.346. The van der Waals surface area contributed by atoms with Crippen molar-refractivity contribution >= 4 is 22.7 Å². The van der Waals surface area contributed by atoms with E-state index in [2.05, 4.69) is 32.2 Å². The molecule has 0 radical (unpaired) electrons. The van der Waals surface area contributed by atoms with Gasteiger partial charge in [0.15, 0.2) is 0 Å². The summed E-state index contributed by atoms with van der Waals surface area (Å²) in [7, 11) is 0. The summed E-state index contributed by atoms with van der Waals surface area (Å²) in [5.41, 5.74) is 4.67. The van der Waals surface area contributed by atoms with E-state index in [0.717, 1.165) is 46.3 Å². The van der Waals surface area contributed by atoms with Gasteiger partial charge in [0.1, 0.15) is 5.75 Å². The number of ether oxygens (including phenoxy) is 2. The van der Waals surface area contributed by atoms with Gasteiger partial charge in [-0.05, 0) is 69.9 Å². The van der Waals surface area contributed by atoms with Crippen molar-refractivity contribution in [1.29, 1.82) is 0 Å². The zero-order valence-corrected chi connectivity index (χ0v) is 19.6. The first kappa shape index (κ1) is 22.0. The number of anilines is 1. The summed E-state index contributed by atoms with van der Waals surface area (Å²) in [5, 5.41) is 12.0. The normalized spacial score (nSPS) is 13.8. The molecule has 0 unspecified atom stereocenters. The fourth-order valence-electron chi connectivity index (χ4n) is 4.43. The first-order chi connectivity index (χ1) is 16.5. The number of fused-ring (bicyclic) bond motifs is 1. The minimum Gasteiger partial charge on any atom is -0.494 e. The standard InChI is InChI=1S/C26H28N4O4/c1-4-32-20-12-13-21-22(14-20)30(19-6-5-7-19)24(23(21)25-29-27-15-33-25)17-8-10-18(11-9-17)28-26(31)34-16(2)3/h8-16,19H,4-7H2,1-3H3,(H,28,31). The highest BCUT2D eigenvalue weighted by atomic mass is 16.6. The molecule has 1 fully saturated rings. The Balaban J connectivity index is 1.65. The van der Waals surface area contributed by atoms with E-state index >= 15 is 0 Å². The van der Waals surface area contributed by atoms with E-state index in [0.29, 0.717) is 24.2 Å². The molecule has 1 amide bonds. The predicted octanol–water partition coefficient (Wildman–Crippen LogP) is 6.44. The summed E-state index contributed by atoms with van der Waals surface area (Å²) in [4.78, 5) is 12.0. The first-order valence-electron chi connectivity index (χ1n) is 11.7. The number of hydrogen-bond acceptors (Lipinski definition) is 6. The summed E-state index contributed by atoms with van der Waals surface area (Å²) in [5.74, 6) is 1.31. The van der Waals surface area contributed by atoms with Crippen molar-refractivity contribution in [3.05, 3.63) is 48.9 Å². The molecule has 4 aromatic rings. The second kappa shape index (κ2) is 9.21. The molecule has 0 aliphatic heterocycles. The zero-order chi connectivity index (χ0) is 23.7. The number of nitrogens with one attached hydrogen (secondary N) is 1. The third-order valence-corrected chi connectivity index (χ3v) is 6.05. The molecule has 0 saturated heterocycles. The van der Waals surface area contributed by atoms with Gasteiger partial charge >= 0.3 is 6.09 Å². The molecule has 5 rings (SSSR count). The number of aromatic nitrogens is 3. The van der Waals surface area contributed by atoms with Crippen LogP contribution in [0.4, 0.5) is 10.5 Å². The number of rotatable bonds is 7. The Bertz CT molecular complexity index is 1290. The number of hydrogen-bond donors (Lipinski definition) is 1. The number of amides is 1. The molecule has 0 atom stereocenters. The molecule has 2 heterocycles. The largest absolute Gasteiger partial charge is 0.494 e. The highest BCUT2D eigenvalue weighted by molar-refractivity contribution is 6.03. The van der Waals surface area contributed by atoms with Crippen LogP contribution in [0.15, 0.2) is 53.3 Å². The maximum atomic E-state index is 12.0. The van der Waals surface area contributed by atoms with Crippen LogP contribution in [0.3, 0.4) is 0 Å². The van der Waals surface area contributed by atoms with Gasteiger partial charge in [-0.15, -0.1) is 10.2 Å². The van der Waals surface area contributed by atoms with Crippen molar-refractivity contribution in [1.82, 2.24) is 14.8 Å². The van der Waals surface area contributed by atoms with Crippen LogP contribution >= 0.6 is 0 Å². The van der Waals surface area contributed by atoms with Gasteiger partial charge in [0.05, 0.1) is 29.5 Å². The molecule has 1 saturated carbocycles. The highest BCUT2D eigenvalue weighted by Crippen LogP contribution is 2.47. The molecule has 8 heteroatoms. The molecule has 8 nitrogen and oxygen atoms in total. The van der Waals surface area contributed by atoms with Gasteiger partial charge in [0.2, 0.25) is 12.3 Å². The van der Waals surface area contributed by atoms with Crippen molar-refractivity contribution in [2.24, 2.45) is 0 Å². The zero-order valence-electron chi connectivity index (χ0n) is 19.6. The van der Waals surface area contributed by atoms with Crippen molar-refractivity contribution in [3.63, 3.8) is 0 Å². The lowest BCUT2D eigenvalue weighted by atomic mass is 9.92. The van der Waals surface area contributed by atoms with E-state index in [4.69, 9.17) is 13.9 Å². The third-order valence-electron chi connectivity index (χ3n) is 6.05. The lowest BCUT2D eigenvalue weighted by molar-refractivity contribution is 0.130. The van der Waals surface area contributed by atoms with Crippen LogP contribution in [-0.2, 0) is 4.74 Å². The SMILES string of the molecule is CCOc1ccc2c(-c3nnco3)c(-c3ccc(NC(=O)OC(C)C)cc3)n(C3CCC3)c2c1. The van der Waals surface area contributed by atoms with Gasteiger partial charge in [-0.25, -0.2) is 4.79 Å². The highest BCUT2D eigenvalue weighted by Gasteiger charge is 2.30. The van der Waals surface area contributed by atoms with Crippen LogP contribution in [0, 0.1) is 0 Å². The van der Waals surface area contributed by atoms with Crippen LogP contribution in [-0.4, -0.2) is 33.6 Å². The molecular weight excluding hydrogens is 432 g/mol. The third kappa shape index (κ3) is 4.11. The molecule has 0 bridgehead atoms. The topological polar surface area (TPSA) is 91.4 Å². The second-order valence-corrected chi connectivity index (χ2v) is 8.69. The number of carbonyl (C=O) groups is 1. The molecule has 2 aromatic carbocycles. The van der Waals surface area contributed by atoms with Crippen LogP contribution in [0.1, 0.15) is 46.1 Å². The van der Waals surface area contributed by atoms with Crippen LogP contribution in [0.2, 0.25) is 0 Å². The molecule has 1 aliphatic carbocycles. The Morgan fingerprint density at radius 1 is 1.21 bits per heavy atom. The van der Waals surface area contributed by atoms with Crippen LogP contribution in [0.25, 0.3) is 33.6 Å². The van der Waals surface area contributed by atoms with Crippen molar-refractivity contribution < 1.29 is 18.7 Å². The molecule has 1 N–H and O–H groups in total. The van der Waals surface area contributed by atoms with Gasteiger partial charge in [0.25, 0.3) is 0 Å². The van der Waals surface area contributed by atoms with Crippen molar-refractivity contribution in [3.8, 4) is 28.5 Å². The first-order valence-corrected chi connectivity index (χ1v) is 11.7. The van der Waals surface area contributed by atoms with Gasteiger partial charge in [-0.3, -0.25) is 5.32 Å². The average Bonchev–Trinajstić information content (AvgIpc) is 3.39. The summed E-state index contributed by atoms with van der Waals surface area (Å²) >= 11 is 0. The van der Waals surface area contributed by atoms with Crippen molar-refractivity contribution in [2.75, 3.05) is 11.9 Å². The number of carbonyl (C=O) groups excluding carboxylic acids is 1. The molecule has 1 aliphatic rings. The fourth-order valence-corrected chi connectivity index (χ4v) is 4.43. The lowest BCUT2D eigenvalue weighted by Crippen LogP contribution is -2.18. The monoisotopic (exact) mass is 460 g/mol. The summed E-state index contributed by atoms with van der Waals surface area (Å²) in [6, 6.07) is 14.3. The summed E-state index contributed by atoms with van der Waals surface area (Å²) in [6.45, 7) is 6.22. The molecule has 34 heavy (non-hydrogen) atoms. The van der Waals surface area contributed by atoms with Gasteiger partial charge in [0, 0.05) is 23.2 Å². The minimum atomic E-state index is -0.471. The predicted molar refractivity (Wildman–Crippen MR) is 130 cm³/mol. The lowest BCUT2D eigenvalue weighted by Gasteiger charge is -2.30. The van der Waals surface area contributed by atoms with Crippen molar-refractivity contribution in [2.45, 2.75) is 52.2 Å². The molecule has 2 aromatic heterocycles. The molecular formula is C26H28N4O4. The van der Waals surface area contributed by atoms with E-state index in [9.17, 15) is 4.79 Å². The Labute approximate surface area is 197 Å². The maximum absolute atomic E-state index is 12.0. The van der Waals surface area contributed by atoms with E-state index < -0.39 is 6.09 Å². The maximum Gasteiger partial charge on any atom is 0.411 e. The molecule has 0 spiro atoms. The number of benzene rings is 2. The van der Waals surface area contributed by atoms with Crippen LogP contribution < -0.4 is 10.1 Å². The van der Waals surface area contributed by atoms with Crippen LogP contribution in [0.5, 0.6) is 5.75 Å². The average molecular weight is 461 g/mol. The van der Waals surface area contributed by atoms with E-state index in [-0.39, 0.29) is 6.10 Å². The summed E-state index contributed by atoms with van der Waals surface area (Å²) < 4.78 is 19.1. The number of nitrogens with zero attached hydrogens (tertiary/aromatic N) is 3. The Morgan fingerprint density at radius 2 is 2.00 bits per heavy atom.